The number of halogens is 6. The molecule has 1 rings (SSSR count). The third-order valence-electron chi connectivity index (χ3n) is 2.46. The first-order valence-electron chi connectivity index (χ1n) is 4.93. The van der Waals surface area contributed by atoms with Gasteiger partial charge in [0.15, 0.2) is 6.10 Å². The standard InChI is InChI=1S/C11H10F6O/c1-6-4-8(10(12,13)14)3-2-7(6)5-9(18)11(15,16)17/h2-4,9,18H,5H2,1H3. The minimum absolute atomic E-state index is 0.0350. The number of aliphatic hydroxyl groups excluding tert-OH is 1. The number of aliphatic hydroxyl groups is 1. The molecule has 1 aromatic rings. The van der Waals surface area contributed by atoms with Gasteiger partial charge in [0.1, 0.15) is 0 Å². The molecule has 0 fully saturated rings. The van der Waals surface area contributed by atoms with E-state index in [4.69, 9.17) is 5.11 Å². The summed E-state index contributed by atoms with van der Waals surface area (Å²) in [7, 11) is 0. The van der Waals surface area contributed by atoms with Crippen LogP contribution < -0.4 is 0 Å². The fourth-order valence-electron chi connectivity index (χ4n) is 1.43. The molecule has 1 atom stereocenters. The van der Waals surface area contributed by atoms with Gasteiger partial charge in [-0.15, -0.1) is 0 Å². The Kier molecular flexibility index (Phi) is 3.95. The molecule has 102 valence electrons. The molecule has 0 amide bonds. The van der Waals surface area contributed by atoms with Crippen LogP contribution in [0.1, 0.15) is 16.7 Å². The highest BCUT2D eigenvalue weighted by Gasteiger charge is 2.38. The number of hydrogen-bond donors (Lipinski definition) is 1. The van der Waals surface area contributed by atoms with Crippen molar-refractivity contribution in [1.82, 2.24) is 0 Å². The molecule has 1 N–H and O–H groups in total. The predicted octanol–water partition coefficient (Wildman–Crippen LogP) is 3.48. The van der Waals surface area contributed by atoms with Gasteiger partial charge >= 0.3 is 12.4 Å². The average Bonchev–Trinajstić information content (AvgIpc) is 2.17. The lowest BCUT2D eigenvalue weighted by Gasteiger charge is -2.16. The van der Waals surface area contributed by atoms with E-state index in [1.54, 1.807) is 0 Å². The molecule has 1 nitrogen and oxygen atoms in total. The quantitative estimate of drug-likeness (QED) is 0.817. The Hall–Kier alpha value is -1.24. The number of rotatable bonds is 2. The highest BCUT2D eigenvalue weighted by atomic mass is 19.4. The van der Waals surface area contributed by atoms with Crippen LogP contribution in [0, 0.1) is 6.92 Å². The summed E-state index contributed by atoms with van der Waals surface area (Å²) in [5.74, 6) is 0. The molecule has 0 bridgehead atoms. The Bertz CT molecular complexity index is 421. The van der Waals surface area contributed by atoms with Gasteiger partial charge in [0.2, 0.25) is 0 Å². The SMILES string of the molecule is Cc1cc(C(F)(F)F)ccc1CC(O)C(F)(F)F. The van der Waals surface area contributed by atoms with Crippen LogP contribution in [0.4, 0.5) is 26.3 Å². The van der Waals surface area contributed by atoms with Crippen molar-refractivity contribution in [3.63, 3.8) is 0 Å². The normalized spacial score (nSPS) is 14.7. The molecule has 0 aliphatic heterocycles. The Morgan fingerprint density at radius 1 is 1.11 bits per heavy atom. The summed E-state index contributed by atoms with van der Waals surface area (Å²) in [6.07, 6.45) is -12.7. The number of benzene rings is 1. The first-order chi connectivity index (χ1) is 8.01. The maximum Gasteiger partial charge on any atom is 0.416 e. The zero-order valence-electron chi connectivity index (χ0n) is 9.23. The van der Waals surface area contributed by atoms with E-state index < -0.39 is 30.4 Å². The molecule has 0 heterocycles. The molecule has 0 saturated heterocycles. The molecule has 0 aliphatic carbocycles. The highest BCUT2D eigenvalue weighted by molar-refractivity contribution is 5.33. The molecule has 0 radical (unpaired) electrons. The van der Waals surface area contributed by atoms with Gasteiger partial charge < -0.3 is 5.11 Å². The summed E-state index contributed by atoms with van der Waals surface area (Å²) in [6.45, 7) is 1.27. The van der Waals surface area contributed by atoms with Crippen LogP contribution in [0.5, 0.6) is 0 Å². The van der Waals surface area contributed by atoms with Crippen molar-refractivity contribution in [2.45, 2.75) is 31.8 Å². The van der Waals surface area contributed by atoms with Gasteiger partial charge in [0.05, 0.1) is 5.56 Å². The molecule has 1 unspecified atom stereocenters. The summed E-state index contributed by atoms with van der Waals surface area (Å²) in [5.41, 5.74) is -0.828. The Balaban J connectivity index is 2.94. The topological polar surface area (TPSA) is 20.2 Å². The highest BCUT2D eigenvalue weighted by Crippen LogP contribution is 2.31. The molecule has 18 heavy (non-hydrogen) atoms. The summed E-state index contributed by atoms with van der Waals surface area (Å²) >= 11 is 0. The lowest BCUT2D eigenvalue weighted by molar-refractivity contribution is -0.203. The Morgan fingerprint density at radius 3 is 2.06 bits per heavy atom. The van der Waals surface area contributed by atoms with Gasteiger partial charge in [-0.25, -0.2) is 0 Å². The summed E-state index contributed by atoms with van der Waals surface area (Å²) < 4.78 is 73.3. The van der Waals surface area contributed by atoms with Crippen LogP contribution in [0.2, 0.25) is 0 Å². The van der Waals surface area contributed by atoms with E-state index in [0.29, 0.717) is 6.07 Å². The maximum atomic E-state index is 12.3. The third kappa shape index (κ3) is 3.63. The molecular weight excluding hydrogens is 262 g/mol. The van der Waals surface area contributed by atoms with E-state index in [1.165, 1.54) is 6.92 Å². The van der Waals surface area contributed by atoms with Crippen molar-refractivity contribution in [2.24, 2.45) is 0 Å². The number of hydrogen-bond acceptors (Lipinski definition) is 1. The first kappa shape index (κ1) is 14.8. The Morgan fingerprint density at radius 2 is 1.67 bits per heavy atom. The van der Waals surface area contributed by atoms with E-state index in [9.17, 15) is 26.3 Å². The zero-order valence-corrected chi connectivity index (χ0v) is 9.23. The van der Waals surface area contributed by atoms with Crippen LogP contribution in [0.3, 0.4) is 0 Å². The van der Waals surface area contributed by atoms with E-state index >= 15 is 0 Å². The van der Waals surface area contributed by atoms with Crippen LogP contribution in [0.25, 0.3) is 0 Å². The fraction of sp³-hybridized carbons (Fsp3) is 0.455. The fourth-order valence-corrected chi connectivity index (χ4v) is 1.43. The minimum atomic E-state index is -4.78. The molecule has 0 aliphatic rings. The summed E-state index contributed by atoms with van der Waals surface area (Å²) in [6, 6.07) is 2.41. The molecule has 1 aromatic carbocycles. The molecule has 0 aromatic heterocycles. The van der Waals surface area contributed by atoms with E-state index in [-0.39, 0.29) is 11.1 Å². The minimum Gasteiger partial charge on any atom is -0.383 e. The van der Waals surface area contributed by atoms with E-state index in [0.717, 1.165) is 12.1 Å². The monoisotopic (exact) mass is 272 g/mol. The molecule has 0 saturated carbocycles. The van der Waals surface area contributed by atoms with Crippen molar-refractivity contribution in [1.29, 1.82) is 0 Å². The second-order valence-corrected chi connectivity index (χ2v) is 3.90. The lowest BCUT2D eigenvalue weighted by Crippen LogP contribution is -2.30. The van der Waals surface area contributed by atoms with E-state index in [2.05, 4.69) is 0 Å². The maximum absolute atomic E-state index is 12.3. The van der Waals surface area contributed by atoms with Crippen molar-refractivity contribution in [3.05, 3.63) is 34.9 Å². The van der Waals surface area contributed by atoms with Crippen molar-refractivity contribution in [3.8, 4) is 0 Å². The average molecular weight is 272 g/mol. The van der Waals surface area contributed by atoms with Crippen LogP contribution in [-0.4, -0.2) is 17.4 Å². The van der Waals surface area contributed by atoms with Crippen molar-refractivity contribution < 1.29 is 31.4 Å². The Labute approximate surface area is 99.0 Å². The second kappa shape index (κ2) is 4.79. The van der Waals surface area contributed by atoms with Gasteiger partial charge in [-0.2, -0.15) is 26.3 Å². The lowest BCUT2D eigenvalue weighted by atomic mass is 9.99. The third-order valence-corrected chi connectivity index (χ3v) is 2.46. The summed E-state index contributed by atoms with van der Waals surface area (Å²) in [5, 5.41) is 8.85. The molecule has 0 spiro atoms. The van der Waals surface area contributed by atoms with Gasteiger partial charge in [-0.3, -0.25) is 0 Å². The van der Waals surface area contributed by atoms with Crippen LogP contribution >= 0.6 is 0 Å². The van der Waals surface area contributed by atoms with Crippen molar-refractivity contribution in [2.75, 3.05) is 0 Å². The zero-order chi connectivity index (χ0) is 14.1. The summed E-state index contributed by atoms with van der Waals surface area (Å²) in [4.78, 5) is 0. The number of alkyl halides is 6. The van der Waals surface area contributed by atoms with Gasteiger partial charge in [-0.05, 0) is 30.2 Å². The number of aryl methyl sites for hydroxylation is 1. The van der Waals surface area contributed by atoms with Crippen molar-refractivity contribution >= 4 is 0 Å². The van der Waals surface area contributed by atoms with E-state index in [1.807, 2.05) is 0 Å². The van der Waals surface area contributed by atoms with Gasteiger partial charge in [0, 0.05) is 6.42 Å². The van der Waals surface area contributed by atoms with Gasteiger partial charge in [-0.1, -0.05) is 6.07 Å². The molecular formula is C11H10F6O. The largest absolute Gasteiger partial charge is 0.416 e. The molecule has 7 heteroatoms. The van der Waals surface area contributed by atoms with Crippen LogP contribution in [-0.2, 0) is 12.6 Å². The second-order valence-electron chi connectivity index (χ2n) is 3.90. The smallest absolute Gasteiger partial charge is 0.383 e. The predicted molar refractivity (Wildman–Crippen MR) is 51.9 cm³/mol. The van der Waals surface area contributed by atoms with Crippen LogP contribution in [0.15, 0.2) is 18.2 Å². The first-order valence-corrected chi connectivity index (χ1v) is 4.93. The van der Waals surface area contributed by atoms with Gasteiger partial charge in [0.25, 0.3) is 0 Å².